The topological polar surface area (TPSA) is 64.5 Å². The van der Waals surface area contributed by atoms with Crippen molar-refractivity contribution in [2.45, 2.75) is 83.5 Å². The number of hydrogen-bond acceptors (Lipinski definition) is 6. The second-order valence-electron chi connectivity index (χ2n) is 8.53. The Hall–Kier alpha value is -1.86. The zero-order valence-electron chi connectivity index (χ0n) is 18.2. The van der Waals surface area contributed by atoms with Crippen LogP contribution in [0.4, 0.5) is 4.79 Å². The molecule has 0 atom stereocenters. The number of thiophene rings is 1. The van der Waals surface area contributed by atoms with Crippen molar-refractivity contribution in [1.29, 1.82) is 0 Å². The number of halogens is 1. The van der Waals surface area contributed by atoms with Crippen molar-refractivity contribution in [3.05, 3.63) is 27.9 Å². The normalized spacial score (nSPS) is 17.6. The van der Waals surface area contributed by atoms with Crippen molar-refractivity contribution in [3.63, 3.8) is 0 Å². The van der Waals surface area contributed by atoms with Crippen molar-refractivity contribution >= 4 is 29.0 Å². The summed E-state index contributed by atoms with van der Waals surface area (Å²) < 4.78 is 12.4. The zero-order valence-corrected chi connectivity index (χ0v) is 19.8. The van der Waals surface area contributed by atoms with Crippen LogP contribution in [0.15, 0.2) is 12.3 Å². The van der Waals surface area contributed by atoms with Gasteiger partial charge < -0.3 is 14.4 Å². The number of aromatic nitrogens is 2. The molecular formula is C23H30ClN3O3S. The van der Waals surface area contributed by atoms with Gasteiger partial charge in [0.05, 0.1) is 27.2 Å². The van der Waals surface area contributed by atoms with E-state index in [4.69, 9.17) is 21.1 Å². The van der Waals surface area contributed by atoms with Gasteiger partial charge in [-0.3, -0.25) is 0 Å². The lowest BCUT2D eigenvalue weighted by Crippen LogP contribution is -2.35. The van der Waals surface area contributed by atoms with Gasteiger partial charge in [0.25, 0.3) is 0 Å². The maximum atomic E-state index is 12.5. The molecule has 2 aromatic heterocycles. The molecule has 2 heterocycles. The predicted molar refractivity (Wildman–Crippen MR) is 123 cm³/mol. The number of nitrogens with zero attached hydrogens (tertiary/aromatic N) is 3. The quantitative estimate of drug-likeness (QED) is 0.496. The summed E-state index contributed by atoms with van der Waals surface area (Å²) in [7, 11) is 1.82. The van der Waals surface area contributed by atoms with E-state index in [1.807, 2.05) is 20.0 Å². The Morgan fingerprint density at radius 1 is 1.19 bits per heavy atom. The number of aryl methyl sites for hydroxylation is 1. The summed E-state index contributed by atoms with van der Waals surface area (Å²) in [5.74, 6) is 1.32. The Morgan fingerprint density at radius 3 is 2.61 bits per heavy atom. The van der Waals surface area contributed by atoms with Crippen LogP contribution >= 0.6 is 22.9 Å². The van der Waals surface area contributed by atoms with Crippen LogP contribution in [0.25, 0.3) is 10.7 Å². The minimum absolute atomic E-state index is 0.150. The number of carbonyl (C=O) groups is 1. The van der Waals surface area contributed by atoms with Gasteiger partial charge in [0.15, 0.2) is 11.6 Å². The molecule has 0 bridgehead atoms. The van der Waals surface area contributed by atoms with Gasteiger partial charge in [-0.05, 0) is 51.5 Å². The van der Waals surface area contributed by atoms with E-state index in [0.717, 1.165) is 47.6 Å². The van der Waals surface area contributed by atoms with Crippen LogP contribution < -0.4 is 4.74 Å². The lowest BCUT2D eigenvalue weighted by molar-refractivity contribution is 0.0920. The number of amides is 1. The molecule has 2 fully saturated rings. The minimum atomic E-state index is -0.298. The summed E-state index contributed by atoms with van der Waals surface area (Å²) in [6.07, 6.45) is 12.0. The molecule has 31 heavy (non-hydrogen) atoms. The van der Waals surface area contributed by atoms with Crippen molar-refractivity contribution in [3.8, 4) is 16.5 Å². The first-order chi connectivity index (χ1) is 15.0. The molecule has 8 heteroatoms. The standard InChI is InChI=1S/C23H30ClN3O3S/c1-15-19(30-18-10-4-3-5-11-18)13-25-22(26-15)21-16(12-20(24)31-21)14-29-23(28)27(2)17-8-6-7-9-17/h12-13,17-18H,3-11,14H2,1-2H3. The van der Waals surface area contributed by atoms with E-state index in [-0.39, 0.29) is 24.8 Å². The van der Waals surface area contributed by atoms with Crippen LogP contribution in [0.2, 0.25) is 4.34 Å². The highest BCUT2D eigenvalue weighted by Gasteiger charge is 2.25. The molecule has 4 rings (SSSR count). The Balaban J connectivity index is 1.43. The van der Waals surface area contributed by atoms with Crippen molar-refractivity contribution in [2.24, 2.45) is 0 Å². The summed E-state index contributed by atoms with van der Waals surface area (Å²) in [6, 6.07) is 2.11. The summed E-state index contributed by atoms with van der Waals surface area (Å²) >= 11 is 7.68. The molecule has 0 saturated heterocycles. The number of ether oxygens (including phenoxy) is 2. The molecule has 0 aromatic carbocycles. The second kappa shape index (κ2) is 10.2. The Bertz CT molecular complexity index is 907. The molecule has 2 saturated carbocycles. The van der Waals surface area contributed by atoms with Gasteiger partial charge in [0.1, 0.15) is 6.61 Å². The lowest BCUT2D eigenvalue weighted by Gasteiger charge is -2.23. The van der Waals surface area contributed by atoms with Gasteiger partial charge in [-0.15, -0.1) is 11.3 Å². The fourth-order valence-corrected chi connectivity index (χ4v) is 5.62. The van der Waals surface area contributed by atoms with Crippen LogP contribution in [0.3, 0.4) is 0 Å². The van der Waals surface area contributed by atoms with Crippen LogP contribution in [0.5, 0.6) is 5.75 Å². The average Bonchev–Trinajstić information content (AvgIpc) is 3.43. The summed E-state index contributed by atoms with van der Waals surface area (Å²) in [5, 5.41) is 0. The third-order valence-electron chi connectivity index (χ3n) is 6.27. The first kappa shape index (κ1) is 22.3. The van der Waals surface area contributed by atoms with Crippen LogP contribution in [0, 0.1) is 6.92 Å². The molecule has 0 N–H and O–H groups in total. The third kappa shape index (κ3) is 5.50. The Labute approximate surface area is 192 Å². The highest BCUT2D eigenvalue weighted by Crippen LogP contribution is 2.35. The van der Waals surface area contributed by atoms with E-state index >= 15 is 0 Å². The SMILES string of the molecule is Cc1nc(-c2sc(Cl)cc2COC(=O)N(C)C2CCCC2)ncc1OC1CCCCC1. The van der Waals surface area contributed by atoms with Crippen LogP contribution in [-0.4, -0.2) is 40.2 Å². The monoisotopic (exact) mass is 463 g/mol. The molecule has 168 valence electrons. The van der Waals surface area contributed by atoms with Crippen LogP contribution in [-0.2, 0) is 11.3 Å². The van der Waals surface area contributed by atoms with Crippen molar-refractivity contribution in [2.75, 3.05) is 7.05 Å². The summed E-state index contributed by atoms with van der Waals surface area (Å²) in [6.45, 7) is 2.09. The molecule has 2 aromatic rings. The van der Waals surface area contributed by atoms with E-state index < -0.39 is 0 Å². The first-order valence-corrected chi connectivity index (χ1v) is 12.4. The van der Waals surface area contributed by atoms with E-state index in [0.29, 0.717) is 10.2 Å². The highest BCUT2D eigenvalue weighted by atomic mass is 35.5. The molecule has 0 radical (unpaired) electrons. The van der Waals surface area contributed by atoms with Gasteiger partial charge in [0, 0.05) is 18.7 Å². The number of carbonyl (C=O) groups excluding carboxylic acids is 1. The third-order valence-corrected chi connectivity index (χ3v) is 7.58. The van der Waals surface area contributed by atoms with E-state index in [9.17, 15) is 4.79 Å². The highest BCUT2D eigenvalue weighted by molar-refractivity contribution is 7.19. The fraction of sp³-hybridized carbons (Fsp3) is 0.609. The molecule has 0 spiro atoms. The minimum Gasteiger partial charge on any atom is -0.487 e. The van der Waals surface area contributed by atoms with Gasteiger partial charge in [-0.25, -0.2) is 14.8 Å². The van der Waals surface area contributed by atoms with E-state index in [1.165, 1.54) is 43.4 Å². The maximum absolute atomic E-state index is 12.5. The average molecular weight is 464 g/mol. The Kier molecular flexibility index (Phi) is 7.33. The fourth-order valence-electron chi connectivity index (χ4n) is 4.42. The number of hydrogen-bond donors (Lipinski definition) is 0. The molecular weight excluding hydrogens is 434 g/mol. The molecule has 2 aliphatic carbocycles. The van der Waals surface area contributed by atoms with Gasteiger partial charge in [-0.1, -0.05) is 30.9 Å². The molecule has 0 unspecified atom stereocenters. The summed E-state index contributed by atoms with van der Waals surface area (Å²) in [4.78, 5) is 24.2. The molecule has 2 aliphatic rings. The van der Waals surface area contributed by atoms with Gasteiger partial charge in [-0.2, -0.15) is 0 Å². The second-order valence-corrected chi connectivity index (χ2v) is 10.2. The zero-order chi connectivity index (χ0) is 21.8. The smallest absolute Gasteiger partial charge is 0.410 e. The Morgan fingerprint density at radius 2 is 1.90 bits per heavy atom. The predicted octanol–water partition coefficient (Wildman–Crippen LogP) is 6.39. The largest absolute Gasteiger partial charge is 0.487 e. The number of rotatable bonds is 6. The van der Waals surface area contributed by atoms with E-state index in [2.05, 4.69) is 9.97 Å². The first-order valence-electron chi connectivity index (χ1n) is 11.2. The maximum Gasteiger partial charge on any atom is 0.410 e. The molecule has 0 aliphatic heterocycles. The van der Waals surface area contributed by atoms with Crippen molar-refractivity contribution in [1.82, 2.24) is 14.9 Å². The van der Waals surface area contributed by atoms with Crippen LogP contribution in [0.1, 0.15) is 69.0 Å². The molecule has 6 nitrogen and oxygen atoms in total. The van der Waals surface area contributed by atoms with Crippen molar-refractivity contribution < 1.29 is 14.3 Å². The van der Waals surface area contributed by atoms with Gasteiger partial charge >= 0.3 is 6.09 Å². The van der Waals surface area contributed by atoms with Gasteiger partial charge in [0.2, 0.25) is 0 Å². The van der Waals surface area contributed by atoms with E-state index in [1.54, 1.807) is 11.1 Å². The molecule has 1 amide bonds. The summed E-state index contributed by atoms with van der Waals surface area (Å²) in [5.41, 5.74) is 1.63. The lowest BCUT2D eigenvalue weighted by atomic mass is 9.98.